The van der Waals surface area contributed by atoms with Gasteiger partial charge in [0.1, 0.15) is 11.9 Å². The summed E-state index contributed by atoms with van der Waals surface area (Å²) in [6, 6.07) is 9.74. The number of benzene rings is 1. The molecule has 1 heterocycles. The van der Waals surface area contributed by atoms with E-state index in [2.05, 4.69) is 4.98 Å². The van der Waals surface area contributed by atoms with Crippen LogP contribution < -0.4 is 10.5 Å². The van der Waals surface area contributed by atoms with Gasteiger partial charge in [-0.25, -0.2) is 0 Å². The molecule has 0 saturated carbocycles. The van der Waals surface area contributed by atoms with Gasteiger partial charge in [0.2, 0.25) is 0 Å². The SMILES string of the molecule is CC(CC(N)=S)Oc1ccc2ncccc2c1. The van der Waals surface area contributed by atoms with E-state index in [0.717, 1.165) is 16.7 Å². The highest BCUT2D eigenvalue weighted by molar-refractivity contribution is 7.80. The van der Waals surface area contributed by atoms with Gasteiger partial charge in [0, 0.05) is 18.0 Å². The molecule has 1 unspecified atom stereocenters. The van der Waals surface area contributed by atoms with Crippen LogP contribution in [0.3, 0.4) is 0 Å². The van der Waals surface area contributed by atoms with Gasteiger partial charge >= 0.3 is 0 Å². The van der Waals surface area contributed by atoms with Crippen LogP contribution in [-0.2, 0) is 0 Å². The second-order valence-electron chi connectivity index (χ2n) is 3.96. The summed E-state index contributed by atoms with van der Waals surface area (Å²) >= 11 is 4.85. The third-order valence-electron chi connectivity index (χ3n) is 2.40. The molecule has 88 valence electrons. The lowest BCUT2D eigenvalue weighted by Gasteiger charge is -2.14. The van der Waals surface area contributed by atoms with Crippen LogP contribution in [0, 0.1) is 0 Å². The molecule has 1 aromatic carbocycles. The van der Waals surface area contributed by atoms with Crippen molar-refractivity contribution in [3.8, 4) is 5.75 Å². The van der Waals surface area contributed by atoms with E-state index in [1.807, 2.05) is 37.3 Å². The molecule has 0 aliphatic rings. The fourth-order valence-corrected chi connectivity index (χ4v) is 1.92. The molecule has 0 saturated heterocycles. The largest absolute Gasteiger partial charge is 0.490 e. The van der Waals surface area contributed by atoms with Crippen LogP contribution in [0.15, 0.2) is 36.5 Å². The molecule has 1 atom stereocenters. The average molecular weight is 246 g/mol. The van der Waals surface area contributed by atoms with E-state index in [-0.39, 0.29) is 6.10 Å². The summed E-state index contributed by atoms with van der Waals surface area (Å²) in [5.41, 5.74) is 6.44. The minimum absolute atomic E-state index is 0.0124. The third-order valence-corrected chi connectivity index (χ3v) is 2.57. The normalized spacial score (nSPS) is 12.3. The monoisotopic (exact) mass is 246 g/mol. The number of fused-ring (bicyclic) bond motifs is 1. The first-order chi connectivity index (χ1) is 8.15. The summed E-state index contributed by atoms with van der Waals surface area (Å²) in [5, 5.41) is 1.06. The number of rotatable bonds is 4. The van der Waals surface area contributed by atoms with Gasteiger partial charge in [-0.2, -0.15) is 0 Å². The topological polar surface area (TPSA) is 48.1 Å². The molecule has 1 aromatic heterocycles. The minimum atomic E-state index is -0.0124. The summed E-state index contributed by atoms with van der Waals surface area (Å²) in [6.45, 7) is 1.95. The first-order valence-corrected chi connectivity index (χ1v) is 5.86. The molecule has 0 aliphatic heterocycles. The maximum absolute atomic E-state index is 5.74. The molecule has 2 aromatic rings. The zero-order chi connectivity index (χ0) is 12.3. The molecule has 0 bridgehead atoms. The van der Waals surface area contributed by atoms with Gasteiger partial charge in [-0.15, -0.1) is 0 Å². The Morgan fingerprint density at radius 3 is 3.06 bits per heavy atom. The average Bonchev–Trinajstić information content (AvgIpc) is 2.27. The third kappa shape index (κ3) is 3.14. The summed E-state index contributed by atoms with van der Waals surface area (Å²) in [7, 11) is 0. The molecule has 0 spiro atoms. The van der Waals surface area contributed by atoms with Crippen LogP contribution in [-0.4, -0.2) is 16.1 Å². The van der Waals surface area contributed by atoms with Gasteiger partial charge in [0.05, 0.1) is 10.5 Å². The Kier molecular flexibility index (Phi) is 3.54. The van der Waals surface area contributed by atoms with Gasteiger partial charge < -0.3 is 10.5 Å². The van der Waals surface area contributed by atoms with E-state index in [1.165, 1.54) is 0 Å². The van der Waals surface area contributed by atoms with Crippen molar-refractivity contribution in [3.63, 3.8) is 0 Å². The first kappa shape index (κ1) is 11.8. The maximum atomic E-state index is 5.74. The summed E-state index contributed by atoms with van der Waals surface area (Å²) in [4.78, 5) is 4.73. The minimum Gasteiger partial charge on any atom is -0.490 e. The predicted molar refractivity (Wildman–Crippen MR) is 73.2 cm³/mol. The highest BCUT2D eigenvalue weighted by Gasteiger charge is 2.06. The zero-order valence-electron chi connectivity index (χ0n) is 9.59. The fourth-order valence-electron chi connectivity index (χ4n) is 1.68. The number of pyridine rings is 1. The van der Waals surface area contributed by atoms with Gasteiger partial charge in [-0.3, -0.25) is 4.98 Å². The highest BCUT2D eigenvalue weighted by atomic mass is 32.1. The number of hydrogen-bond donors (Lipinski definition) is 1. The van der Waals surface area contributed by atoms with Crippen molar-refractivity contribution in [3.05, 3.63) is 36.5 Å². The molecule has 4 heteroatoms. The van der Waals surface area contributed by atoms with Crippen LogP contribution in [0.25, 0.3) is 10.9 Å². The van der Waals surface area contributed by atoms with Crippen LogP contribution >= 0.6 is 12.2 Å². The van der Waals surface area contributed by atoms with Crippen molar-refractivity contribution >= 4 is 28.1 Å². The quantitative estimate of drug-likeness (QED) is 0.843. The van der Waals surface area contributed by atoms with Crippen LogP contribution in [0.2, 0.25) is 0 Å². The van der Waals surface area contributed by atoms with Gasteiger partial charge in [-0.1, -0.05) is 18.3 Å². The second-order valence-corrected chi connectivity index (χ2v) is 4.48. The van der Waals surface area contributed by atoms with E-state index in [4.69, 9.17) is 22.7 Å². The lowest BCUT2D eigenvalue weighted by atomic mass is 10.2. The van der Waals surface area contributed by atoms with Crippen molar-refractivity contribution in [2.75, 3.05) is 0 Å². The fraction of sp³-hybridized carbons (Fsp3) is 0.231. The zero-order valence-corrected chi connectivity index (χ0v) is 10.4. The van der Waals surface area contributed by atoms with Crippen molar-refractivity contribution < 1.29 is 4.74 Å². The second kappa shape index (κ2) is 5.10. The Hall–Kier alpha value is -1.68. The number of thiocarbonyl (C=S) groups is 1. The lowest BCUT2D eigenvalue weighted by Crippen LogP contribution is -2.20. The standard InChI is InChI=1S/C13H14N2OS/c1-9(7-13(14)17)16-11-4-5-12-10(8-11)3-2-6-15-12/h2-6,8-9H,7H2,1H3,(H2,14,17). The molecule has 0 fully saturated rings. The Labute approximate surface area is 106 Å². The molecule has 2 N–H and O–H groups in total. The predicted octanol–water partition coefficient (Wildman–Crippen LogP) is 2.68. The first-order valence-electron chi connectivity index (χ1n) is 5.45. The summed E-state index contributed by atoms with van der Waals surface area (Å²) in [5.74, 6) is 0.814. The maximum Gasteiger partial charge on any atom is 0.120 e. The number of nitrogens with zero attached hydrogens (tertiary/aromatic N) is 1. The Balaban J connectivity index is 2.16. The number of aromatic nitrogens is 1. The number of ether oxygens (including phenoxy) is 1. The Morgan fingerprint density at radius 2 is 2.29 bits per heavy atom. The van der Waals surface area contributed by atoms with Gasteiger partial charge in [-0.05, 0) is 31.2 Å². The van der Waals surface area contributed by atoms with Crippen LogP contribution in [0.5, 0.6) is 5.75 Å². The lowest BCUT2D eigenvalue weighted by molar-refractivity contribution is 0.230. The molecule has 17 heavy (non-hydrogen) atoms. The van der Waals surface area contributed by atoms with Crippen LogP contribution in [0.1, 0.15) is 13.3 Å². The smallest absolute Gasteiger partial charge is 0.120 e. The van der Waals surface area contributed by atoms with Gasteiger partial charge in [0.25, 0.3) is 0 Å². The molecule has 0 radical (unpaired) electrons. The Bertz CT molecular complexity index is 542. The molecular weight excluding hydrogens is 232 g/mol. The summed E-state index contributed by atoms with van der Waals surface area (Å²) < 4.78 is 5.74. The van der Waals surface area contributed by atoms with Crippen molar-refractivity contribution in [2.24, 2.45) is 5.73 Å². The Morgan fingerprint density at radius 1 is 1.47 bits per heavy atom. The van der Waals surface area contributed by atoms with Crippen molar-refractivity contribution in [1.82, 2.24) is 4.98 Å². The molecular formula is C13H14N2OS. The van der Waals surface area contributed by atoms with E-state index in [9.17, 15) is 0 Å². The van der Waals surface area contributed by atoms with E-state index in [1.54, 1.807) is 6.20 Å². The van der Waals surface area contributed by atoms with E-state index >= 15 is 0 Å². The summed E-state index contributed by atoms with van der Waals surface area (Å²) in [6.07, 6.45) is 2.35. The molecule has 0 amide bonds. The van der Waals surface area contributed by atoms with Crippen molar-refractivity contribution in [1.29, 1.82) is 0 Å². The van der Waals surface area contributed by atoms with Gasteiger partial charge in [0.15, 0.2) is 0 Å². The number of hydrogen-bond acceptors (Lipinski definition) is 3. The van der Waals surface area contributed by atoms with E-state index in [0.29, 0.717) is 11.4 Å². The van der Waals surface area contributed by atoms with Crippen LogP contribution in [0.4, 0.5) is 0 Å². The van der Waals surface area contributed by atoms with Crippen molar-refractivity contribution in [2.45, 2.75) is 19.4 Å². The molecule has 3 nitrogen and oxygen atoms in total. The molecule has 2 rings (SSSR count). The molecule has 0 aliphatic carbocycles. The highest BCUT2D eigenvalue weighted by Crippen LogP contribution is 2.20. The number of nitrogens with two attached hydrogens (primary N) is 1. The van der Waals surface area contributed by atoms with E-state index < -0.39 is 0 Å².